The summed E-state index contributed by atoms with van der Waals surface area (Å²) in [5.74, 6) is -1.59. The fourth-order valence-corrected chi connectivity index (χ4v) is 4.61. The average molecular weight is 431 g/mol. The van der Waals surface area contributed by atoms with Crippen LogP contribution in [0.1, 0.15) is 10.4 Å². The standard InChI is InChI=1S/C19H16N2O6S2/c22-19(23)14-11-15(20-28(24,25)17-7-3-1-4-8-17)13-16(12-14)21-29(26,27)18-9-5-2-6-10-18/h1-13,20-21H,(H,22,23)/p-1. The number of anilines is 2. The quantitative estimate of drug-likeness (QED) is 0.585. The van der Waals surface area contributed by atoms with Gasteiger partial charge >= 0.3 is 0 Å². The number of aromatic carboxylic acids is 1. The van der Waals surface area contributed by atoms with Crippen LogP contribution in [0.25, 0.3) is 0 Å². The molecule has 0 spiro atoms. The second-order valence-corrected chi connectivity index (χ2v) is 9.29. The molecule has 3 aromatic carbocycles. The van der Waals surface area contributed by atoms with Crippen LogP contribution in [-0.4, -0.2) is 22.8 Å². The van der Waals surface area contributed by atoms with Gasteiger partial charge in [-0.2, -0.15) is 0 Å². The molecule has 150 valence electrons. The van der Waals surface area contributed by atoms with Gasteiger partial charge in [-0.3, -0.25) is 9.44 Å². The third kappa shape index (κ3) is 4.92. The van der Waals surface area contributed by atoms with Crippen LogP contribution in [0.2, 0.25) is 0 Å². The Labute approximate surface area is 167 Å². The first-order valence-corrected chi connectivity index (χ1v) is 11.2. The van der Waals surface area contributed by atoms with Crippen molar-refractivity contribution in [2.45, 2.75) is 9.79 Å². The lowest BCUT2D eigenvalue weighted by Crippen LogP contribution is -2.23. The van der Waals surface area contributed by atoms with Gasteiger partial charge < -0.3 is 9.90 Å². The van der Waals surface area contributed by atoms with E-state index in [0.717, 1.165) is 12.1 Å². The normalized spacial score (nSPS) is 11.6. The molecule has 0 saturated carbocycles. The van der Waals surface area contributed by atoms with Crippen LogP contribution in [0.5, 0.6) is 0 Å². The number of carbonyl (C=O) groups excluding carboxylic acids is 1. The molecule has 0 bridgehead atoms. The van der Waals surface area contributed by atoms with Crippen molar-refractivity contribution in [2.24, 2.45) is 0 Å². The minimum absolute atomic E-state index is 0.0368. The molecule has 0 aliphatic rings. The Hall–Kier alpha value is -3.37. The first kappa shape index (κ1) is 20.4. The van der Waals surface area contributed by atoms with Crippen LogP contribution in [0, 0.1) is 0 Å². The molecule has 0 aliphatic heterocycles. The maximum Gasteiger partial charge on any atom is 0.261 e. The van der Waals surface area contributed by atoms with Gasteiger partial charge in [0, 0.05) is 5.56 Å². The summed E-state index contributed by atoms with van der Waals surface area (Å²) in [6, 6.07) is 18.1. The topological polar surface area (TPSA) is 132 Å². The van der Waals surface area contributed by atoms with E-state index in [0.29, 0.717) is 0 Å². The lowest BCUT2D eigenvalue weighted by molar-refractivity contribution is -0.255. The maximum absolute atomic E-state index is 12.5. The molecule has 0 fully saturated rings. The highest BCUT2D eigenvalue weighted by atomic mass is 32.2. The summed E-state index contributed by atoms with van der Waals surface area (Å²) in [6.07, 6.45) is 0. The van der Waals surface area contributed by atoms with Crippen molar-refractivity contribution >= 4 is 37.4 Å². The Kier molecular flexibility index (Phi) is 5.57. The van der Waals surface area contributed by atoms with Crippen molar-refractivity contribution in [3.8, 4) is 0 Å². The Morgan fingerprint density at radius 1 is 0.655 bits per heavy atom. The predicted octanol–water partition coefficient (Wildman–Crippen LogP) is 1.65. The molecule has 3 aromatic rings. The zero-order valence-electron chi connectivity index (χ0n) is 14.8. The second-order valence-electron chi connectivity index (χ2n) is 5.92. The molecule has 8 nitrogen and oxygen atoms in total. The number of hydrogen-bond donors (Lipinski definition) is 2. The van der Waals surface area contributed by atoms with Crippen LogP contribution in [0.15, 0.2) is 88.7 Å². The van der Waals surface area contributed by atoms with Gasteiger partial charge in [-0.25, -0.2) is 16.8 Å². The summed E-state index contributed by atoms with van der Waals surface area (Å²) in [4.78, 5) is 11.2. The van der Waals surface area contributed by atoms with Crippen molar-refractivity contribution < 1.29 is 26.7 Å². The fraction of sp³-hybridized carbons (Fsp3) is 0. The molecule has 29 heavy (non-hydrogen) atoms. The van der Waals surface area contributed by atoms with Crippen molar-refractivity contribution in [1.82, 2.24) is 0 Å². The van der Waals surface area contributed by atoms with Crippen LogP contribution < -0.4 is 14.6 Å². The van der Waals surface area contributed by atoms with E-state index < -0.39 is 31.6 Å². The average Bonchev–Trinajstić information content (AvgIpc) is 2.68. The number of carboxylic acids is 1. The first-order valence-electron chi connectivity index (χ1n) is 8.19. The number of hydrogen-bond acceptors (Lipinski definition) is 6. The molecule has 0 atom stereocenters. The van der Waals surface area contributed by atoms with Crippen LogP contribution in [0.4, 0.5) is 11.4 Å². The Bertz CT molecular complexity index is 1150. The molecule has 0 aliphatic carbocycles. The van der Waals surface area contributed by atoms with E-state index in [4.69, 9.17) is 0 Å². The zero-order chi connectivity index (χ0) is 21.1. The van der Waals surface area contributed by atoms with Gasteiger partial charge in [-0.05, 0) is 42.5 Å². The van der Waals surface area contributed by atoms with E-state index in [1.54, 1.807) is 12.1 Å². The third-order valence-corrected chi connectivity index (χ3v) is 6.57. The van der Waals surface area contributed by atoms with E-state index in [9.17, 15) is 26.7 Å². The van der Waals surface area contributed by atoms with Gasteiger partial charge in [0.05, 0.1) is 27.1 Å². The molecule has 10 heteroatoms. The van der Waals surface area contributed by atoms with Gasteiger partial charge in [-0.1, -0.05) is 36.4 Å². The number of nitrogens with one attached hydrogen (secondary N) is 2. The van der Waals surface area contributed by atoms with E-state index in [-0.39, 0.29) is 21.2 Å². The second kappa shape index (κ2) is 7.94. The van der Waals surface area contributed by atoms with Gasteiger partial charge in [0.1, 0.15) is 0 Å². The van der Waals surface area contributed by atoms with E-state index in [2.05, 4.69) is 9.44 Å². The van der Waals surface area contributed by atoms with Gasteiger partial charge in [0.15, 0.2) is 0 Å². The number of sulfonamides is 2. The SMILES string of the molecule is O=C([O-])c1cc(NS(=O)(=O)c2ccccc2)cc(NS(=O)(=O)c2ccccc2)c1. The summed E-state index contributed by atoms with van der Waals surface area (Å²) in [7, 11) is -8.02. The molecule has 3 rings (SSSR count). The maximum atomic E-state index is 12.5. The van der Waals surface area contributed by atoms with Crippen LogP contribution in [-0.2, 0) is 20.0 Å². The number of carbonyl (C=O) groups is 1. The van der Waals surface area contributed by atoms with Gasteiger partial charge in [0.25, 0.3) is 20.0 Å². The monoisotopic (exact) mass is 431 g/mol. The van der Waals surface area contributed by atoms with Crippen LogP contribution in [0.3, 0.4) is 0 Å². The lowest BCUT2D eigenvalue weighted by atomic mass is 10.2. The van der Waals surface area contributed by atoms with Crippen molar-refractivity contribution in [2.75, 3.05) is 9.44 Å². The van der Waals surface area contributed by atoms with E-state index in [1.807, 2.05) is 0 Å². The van der Waals surface area contributed by atoms with Crippen molar-refractivity contribution in [1.29, 1.82) is 0 Å². The van der Waals surface area contributed by atoms with Gasteiger partial charge in [-0.15, -0.1) is 0 Å². The minimum Gasteiger partial charge on any atom is -0.545 e. The predicted molar refractivity (Wildman–Crippen MR) is 105 cm³/mol. The fourth-order valence-electron chi connectivity index (χ4n) is 2.49. The molecule has 0 amide bonds. The van der Waals surface area contributed by atoms with Crippen molar-refractivity contribution in [3.05, 3.63) is 84.4 Å². The molecule has 2 N–H and O–H groups in total. The molecule has 0 saturated heterocycles. The highest BCUT2D eigenvalue weighted by Crippen LogP contribution is 2.24. The van der Waals surface area contributed by atoms with Gasteiger partial charge in [0.2, 0.25) is 0 Å². The molecule has 0 radical (unpaired) electrons. The molecular formula is C19H15N2O6S2-. The largest absolute Gasteiger partial charge is 0.545 e. The summed E-state index contributed by atoms with van der Waals surface area (Å²) < 4.78 is 54.4. The molecule has 0 unspecified atom stereocenters. The van der Waals surface area contributed by atoms with E-state index >= 15 is 0 Å². The number of carboxylic acid groups (broad SMARTS) is 1. The molecule has 0 heterocycles. The minimum atomic E-state index is -4.01. The zero-order valence-corrected chi connectivity index (χ0v) is 16.4. The summed E-state index contributed by atoms with van der Waals surface area (Å²) in [6.45, 7) is 0. The highest BCUT2D eigenvalue weighted by Gasteiger charge is 2.17. The summed E-state index contributed by atoms with van der Waals surface area (Å²) >= 11 is 0. The highest BCUT2D eigenvalue weighted by molar-refractivity contribution is 7.93. The smallest absolute Gasteiger partial charge is 0.261 e. The number of rotatable bonds is 7. The third-order valence-electron chi connectivity index (χ3n) is 3.78. The summed E-state index contributed by atoms with van der Waals surface area (Å²) in [5.41, 5.74) is -0.674. The summed E-state index contributed by atoms with van der Waals surface area (Å²) in [5, 5.41) is 11.3. The Morgan fingerprint density at radius 3 is 1.38 bits per heavy atom. The lowest BCUT2D eigenvalue weighted by Gasteiger charge is -2.14. The molecular weight excluding hydrogens is 416 g/mol. The molecule has 0 aromatic heterocycles. The van der Waals surface area contributed by atoms with Crippen molar-refractivity contribution in [3.63, 3.8) is 0 Å². The first-order chi connectivity index (χ1) is 13.7. The van der Waals surface area contributed by atoms with E-state index in [1.165, 1.54) is 54.6 Å². The Balaban J connectivity index is 1.98. The van der Waals surface area contributed by atoms with Crippen LogP contribution >= 0.6 is 0 Å². The number of benzene rings is 3. The Morgan fingerprint density at radius 2 is 1.03 bits per heavy atom.